The fourth-order valence-electron chi connectivity index (χ4n) is 0.975. The van der Waals surface area contributed by atoms with Crippen molar-refractivity contribution in [2.75, 3.05) is 7.11 Å². The van der Waals surface area contributed by atoms with E-state index in [1.807, 2.05) is 6.07 Å². The summed E-state index contributed by atoms with van der Waals surface area (Å²) >= 11 is 6.83. The van der Waals surface area contributed by atoms with Crippen molar-refractivity contribution >= 4 is 23.1 Å². The van der Waals surface area contributed by atoms with Gasteiger partial charge in [-0.2, -0.15) is 4.37 Å². The zero-order valence-corrected chi connectivity index (χ0v) is 8.84. The van der Waals surface area contributed by atoms with Crippen LogP contribution in [0.4, 0.5) is 0 Å². The fourth-order valence-corrected chi connectivity index (χ4v) is 1.59. The van der Waals surface area contributed by atoms with Crippen LogP contribution in [0.2, 0.25) is 4.47 Å². The monoisotopic (exact) mass is 227 g/mol. The normalized spacial score (nSPS) is 10.1. The summed E-state index contributed by atoms with van der Waals surface area (Å²) in [6, 6.07) is 1.81. The van der Waals surface area contributed by atoms with Gasteiger partial charge in [-0.1, -0.05) is 0 Å². The summed E-state index contributed by atoms with van der Waals surface area (Å²) in [5.74, 6) is 1.25. The van der Waals surface area contributed by atoms with Gasteiger partial charge in [-0.15, -0.1) is 0 Å². The Balaban J connectivity index is 2.41. The molecule has 0 saturated carbocycles. The number of hydrogen-bond donors (Lipinski definition) is 0. The van der Waals surface area contributed by atoms with Crippen LogP contribution in [0.25, 0.3) is 11.4 Å². The third kappa shape index (κ3) is 1.83. The standard InChI is InChI=1S/C8H6ClN3OS/c1-13-6-2-5(3-10-4-6)7-11-8(9)14-12-7/h2-4H,1H3. The molecular weight excluding hydrogens is 222 g/mol. The summed E-state index contributed by atoms with van der Waals surface area (Å²) in [7, 11) is 1.59. The number of rotatable bonds is 2. The highest BCUT2D eigenvalue weighted by Gasteiger charge is 2.06. The Bertz CT molecular complexity index is 446. The lowest BCUT2D eigenvalue weighted by Crippen LogP contribution is -1.87. The lowest BCUT2D eigenvalue weighted by Gasteiger charge is -1.99. The molecular formula is C8H6ClN3OS. The minimum atomic E-state index is 0.419. The average molecular weight is 228 g/mol. The highest BCUT2D eigenvalue weighted by Crippen LogP contribution is 2.22. The molecule has 0 spiro atoms. The SMILES string of the molecule is COc1cncc(-c2nsc(Cl)n2)c1. The molecule has 0 aromatic carbocycles. The minimum absolute atomic E-state index is 0.419. The van der Waals surface area contributed by atoms with E-state index in [0.717, 1.165) is 17.1 Å². The first-order valence-electron chi connectivity index (χ1n) is 3.78. The van der Waals surface area contributed by atoms with Gasteiger partial charge in [-0.05, 0) is 29.2 Å². The summed E-state index contributed by atoms with van der Waals surface area (Å²) < 4.78 is 9.52. The maximum atomic E-state index is 5.68. The topological polar surface area (TPSA) is 47.9 Å². The van der Waals surface area contributed by atoms with Gasteiger partial charge in [0.2, 0.25) is 4.47 Å². The van der Waals surface area contributed by atoms with Crippen molar-refractivity contribution in [3.8, 4) is 17.1 Å². The van der Waals surface area contributed by atoms with Crippen LogP contribution in [-0.2, 0) is 0 Å². The second-order valence-corrected chi connectivity index (χ2v) is 3.82. The van der Waals surface area contributed by atoms with E-state index in [1.54, 1.807) is 19.5 Å². The molecule has 0 aliphatic carbocycles. The third-order valence-electron chi connectivity index (χ3n) is 1.61. The summed E-state index contributed by atoms with van der Waals surface area (Å²) in [5.41, 5.74) is 0.799. The Hall–Kier alpha value is -1.20. The van der Waals surface area contributed by atoms with Gasteiger partial charge >= 0.3 is 0 Å². The number of nitrogens with zero attached hydrogens (tertiary/aromatic N) is 3. The van der Waals surface area contributed by atoms with Crippen LogP contribution in [0.1, 0.15) is 0 Å². The molecule has 0 amide bonds. The van der Waals surface area contributed by atoms with Gasteiger partial charge in [0, 0.05) is 11.8 Å². The van der Waals surface area contributed by atoms with Gasteiger partial charge in [0.15, 0.2) is 5.82 Å². The molecule has 0 aliphatic rings. The van der Waals surface area contributed by atoms with E-state index in [9.17, 15) is 0 Å². The van der Waals surface area contributed by atoms with Crippen LogP contribution >= 0.6 is 23.1 Å². The molecule has 0 N–H and O–H groups in total. The van der Waals surface area contributed by atoms with Gasteiger partial charge in [0.05, 0.1) is 13.3 Å². The molecule has 6 heteroatoms. The first-order chi connectivity index (χ1) is 6.79. The van der Waals surface area contributed by atoms with Crippen molar-refractivity contribution in [3.63, 3.8) is 0 Å². The molecule has 0 atom stereocenters. The lowest BCUT2D eigenvalue weighted by atomic mass is 10.2. The van der Waals surface area contributed by atoms with E-state index >= 15 is 0 Å². The molecule has 2 aromatic rings. The van der Waals surface area contributed by atoms with E-state index in [0.29, 0.717) is 16.0 Å². The zero-order chi connectivity index (χ0) is 9.97. The van der Waals surface area contributed by atoms with Crippen LogP contribution < -0.4 is 4.74 Å². The molecule has 0 aliphatic heterocycles. The van der Waals surface area contributed by atoms with Crippen molar-refractivity contribution in [3.05, 3.63) is 22.9 Å². The smallest absolute Gasteiger partial charge is 0.203 e. The van der Waals surface area contributed by atoms with E-state index < -0.39 is 0 Å². The quantitative estimate of drug-likeness (QED) is 0.790. The van der Waals surface area contributed by atoms with Gasteiger partial charge in [0.25, 0.3) is 0 Å². The van der Waals surface area contributed by atoms with Gasteiger partial charge in [-0.25, -0.2) is 4.98 Å². The zero-order valence-electron chi connectivity index (χ0n) is 7.27. The predicted octanol–water partition coefficient (Wildman–Crippen LogP) is 2.26. The van der Waals surface area contributed by atoms with E-state index in [2.05, 4.69) is 14.3 Å². The van der Waals surface area contributed by atoms with Crippen molar-refractivity contribution in [2.24, 2.45) is 0 Å². The second kappa shape index (κ2) is 3.89. The van der Waals surface area contributed by atoms with Gasteiger partial charge < -0.3 is 4.74 Å². The summed E-state index contributed by atoms with van der Waals surface area (Å²) in [5, 5.41) is 0. The predicted molar refractivity (Wildman–Crippen MR) is 54.7 cm³/mol. The molecule has 0 radical (unpaired) electrons. The van der Waals surface area contributed by atoms with Crippen molar-refractivity contribution in [2.45, 2.75) is 0 Å². The Labute approximate surface area is 89.7 Å². The number of halogens is 1. The molecule has 0 saturated heterocycles. The molecule has 0 fully saturated rings. The number of pyridine rings is 1. The molecule has 2 rings (SSSR count). The number of aromatic nitrogens is 3. The lowest BCUT2D eigenvalue weighted by molar-refractivity contribution is 0.413. The Morgan fingerprint density at radius 2 is 2.29 bits per heavy atom. The number of ether oxygens (including phenoxy) is 1. The van der Waals surface area contributed by atoms with Crippen molar-refractivity contribution in [1.29, 1.82) is 0 Å². The Kier molecular flexibility index (Phi) is 2.60. The second-order valence-electron chi connectivity index (χ2n) is 2.48. The first-order valence-corrected chi connectivity index (χ1v) is 4.93. The summed E-state index contributed by atoms with van der Waals surface area (Å²) in [4.78, 5) is 8.03. The maximum Gasteiger partial charge on any atom is 0.203 e. The Morgan fingerprint density at radius 3 is 2.93 bits per heavy atom. The van der Waals surface area contributed by atoms with Crippen LogP contribution in [0.15, 0.2) is 18.5 Å². The van der Waals surface area contributed by atoms with Crippen LogP contribution in [-0.4, -0.2) is 21.5 Å². The van der Waals surface area contributed by atoms with Crippen LogP contribution in [0.5, 0.6) is 5.75 Å². The molecule has 2 heterocycles. The number of methoxy groups -OCH3 is 1. The van der Waals surface area contributed by atoms with Gasteiger partial charge in [-0.3, -0.25) is 4.98 Å². The van der Waals surface area contributed by atoms with Crippen molar-refractivity contribution in [1.82, 2.24) is 14.3 Å². The van der Waals surface area contributed by atoms with Crippen LogP contribution in [0, 0.1) is 0 Å². The largest absolute Gasteiger partial charge is 0.495 e. The summed E-state index contributed by atoms with van der Waals surface area (Å²) in [6.07, 6.45) is 3.29. The molecule has 72 valence electrons. The van der Waals surface area contributed by atoms with E-state index in [4.69, 9.17) is 16.3 Å². The summed E-state index contributed by atoms with van der Waals surface area (Å²) in [6.45, 7) is 0. The third-order valence-corrected chi connectivity index (χ3v) is 2.41. The minimum Gasteiger partial charge on any atom is -0.495 e. The molecule has 14 heavy (non-hydrogen) atoms. The Morgan fingerprint density at radius 1 is 1.43 bits per heavy atom. The van der Waals surface area contributed by atoms with Crippen molar-refractivity contribution < 1.29 is 4.74 Å². The highest BCUT2D eigenvalue weighted by molar-refractivity contribution is 7.10. The molecule has 2 aromatic heterocycles. The van der Waals surface area contributed by atoms with Crippen LogP contribution in [0.3, 0.4) is 0 Å². The number of hydrogen-bond acceptors (Lipinski definition) is 5. The molecule has 4 nitrogen and oxygen atoms in total. The first kappa shape index (κ1) is 9.36. The van der Waals surface area contributed by atoms with E-state index in [-0.39, 0.29) is 0 Å². The molecule has 0 unspecified atom stereocenters. The average Bonchev–Trinajstić information content (AvgIpc) is 2.65. The highest BCUT2D eigenvalue weighted by atomic mass is 35.5. The fraction of sp³-hybridized carbons (Fsp3) is 0.125. The van der Waals surface area contributed by atoms with E-state index in [1.165, 1.54) is 0 Å². The van der Waals surface area contributed by atoms with Gasteiger partial charge in [0.1, 0.15) is 5.75 Å². The maximum absolute atomic E-state index is 5.68. The molecule has 0 bridgehead atoms.